The van der Waals surface area contributed by atoms with E-state index in [4.69, 9.17) is 0 Å². The van der Waals surface area contributed by atoms with Crippen LogP contribution in [0, 0.1) is 0 Å². The largest absolute Gasteiger partial charge is 0.164 e. The minimum atomic E-state index is 0.983. The quantitative estimate of drug-likeness (QED) is 0.385. The summed E-state index contributed by atoms with van der Waals surface area (Å²) in [7, 11) is 0. The molecule has 0 amide bonds. The Hall–Kier alpha value is -0.660. The molecular weight excluding hydrogens is 100 g/mol. The van der Waals surface area contributed by atoms with Crippen molar-refractivity contribution in [1.82, 2.24) is 0 Å². The first kappa shape index (κ1) is 7.34. The molecule has 0 aromatic carbocycles. The van der Waals surface area contributed by atoms with Gasteiger partial charge in [0.1, 0.15) is 0 Å². The van der Waals surface area contributed by atoms with E-state index in [2.05, 4.69) is 17.1 Å². The maximum absolute atomic E-state index is 3.85. The van der Waals surface area contributed by atoms with Gasteiger partial charge >= 0.3 is 0 Å². The van der Waals surface area contributed by atoms with Gasteiger partial charge in [0, 0.05) is 11.9 Å². The SMILES string of the molecule is CC=NN=C(C)CC. The van der Waals surface area contributed by atoms with Crippen molar-refractivity contribution in [2.75, 3.05) is 0 Å². The molecule has 0 aliphatic rings. The van der Waals surface area contributed by atoms with Crippen LogP contribution in [0.1, 0.15) is 27.2 Å². The van der Waals surface area contributed by atoms with Crippen LogP contribution in [-0.2, 0) is 0 Å². The third-order valence-electron chi connectivity index (χ3n) is 0.856. The first-order chi connectivity index (χ1) is 3.81. The number of hydrogen-bond donors (Lipinski definition) is 0. The summed E-state index contributed by atoms with van der Waals surface area (Å²) in [5.41, 5.74) is 1.07. The second-order valence-electron chi connectivity index (χ2n) is 1.56. The first-order valence-electron chi connectivity index (χ1n) is 2.82. The molecule has 0 rings (SSSR count). The Morgan fingerprint density at radius 3 is 2.62 bits per heavy atom. The molecule has 46 valence electrons. The van der Waals surface area contributed by atoms with Crippen molar-refractivity contribution in [1.29, 1.82) is 0 Å². The Morgan fingerprint density at radius 2 is 2.25 bits per heavy atom. The second-order valence-corrected chi connectivity index (χ2v) is 1.56. The summed E-state index contributed by atoms with van der Waals surface area (Å²) in [5.74, 6) is 0. The topological polar surface area (TPSA) is 24.7 Å². The monoisotopic (exact) mass is 112 g/mol. The van der Waals surface area contributed by atoms with Crippen LogP contribution in [-0.4, -0.2) is 11.9 Å². The van der Waals surface area contributed by atoms with Gasteiger partial charge in [-0.25, -0.2) is 0 Å². The maximum atomic E-state index is 3.85. The summed E-state index contributed by atoms with van der Waals surface area (Å²) in [6.07, 6.45) is 2.66. The van der Waals surface area contributed by atoms with Crippen LogP contribution in [0.3, 0.4) is 0 Å². The molecule has 0 spiro atoms. The molecule has 0 bridgehead atoms. The van der Waals surface area contributed by atoms with E-state index >= 15 is 0 Å². The summed E-state index contributed by atoms with van der Waals surface area (Å²) >= 11 is 0. The third kappa shape index (κ3) is 3.53. The van der Waals surface area contributed by atoms with Crippen LogP contribution < -0.4 is 0 Å². The van der Waals surface area contributed by atoms with Crippen molar-refractivity contribution in [2.24, 2.45) is 10.2 Å². The summed E-state index contributed by atoms with van der Waals surface area (Å²) in [4.78, 5) is 0. The Kier molecular flexibility index (Phi) is 4.13. The van der Waals surface area contributed by atoms with Gasteiger partial charge in [-0.3, -0.25) is 0 Å². The molecule has 0 saturated heterocycles. The Labute approximate surface area is 50.3 Å². The molecule has 0 heterocycles. The smallest absolute Gasteiger partial charge is 0.0372 e. The zero-order valence-electron chi connectivity index (χ0n) is 5.68. The number of rotatable bonds is 2. The molecule has 0 aliphatic carbocycles. The van der Waals surface area contributed by atoms with Gasteiger partial charge in [0.15, 0.2) is 0 Å². The van der Waals surface area contributed by atoms with Crippen molar-refractivity contribution < 1.29 is 0 Å². The highest BCUT2D eigenvalue weighted by molar-refractivity contribution is 5.81. The van der Waals surface area contributed by atoms with Gasteiger partial charge in [-0.2, -0.15) is 10.2 Å². The molecule has 0 saturated carbocycles. The van der Waals surface area contributed by atoms with Gasteiger partial charge in [0.25, 0.3) is 0 Å². The molecule has 0 aliphatic heterocycles. The van der Waals surface area contributed by atoms with Crippen LogP contribution in [0.25, 0.3) is 0 Å². The summed E-state index contributed by atoms with van der Waals surface area (Å²) in [5, 5.41) is 7.55. The standard InChI is InChI=1S/C6H12N2/c1-4-6(3)8-7-5-2/h5H,4H2,1-3H3. The minimum absolute atomic E-state index is 0.983. The van der Waals surface area contributed by atoms with Crippen LogP contribution in [0.15, 0.2) is 10.2 Å². The average molecular weight is 112 g/mol. The Balaban J connectivity index is 3.57. The minimum Gasteiger partial charge on any atom is -0.164 e. The highest BCUT2D eigenvalue weighted by Gasteiger charge is 1.78. The number of hydrogen-bond acceptors (Lipinski definition) is 2. The zero-order chi connectivity index (χ0) is 6.41. The molecule has 2 nitrogen and oxygen atoms in total. The molecule has 0 aromatic rings. The summed E-state index contributed by atoms with van der Waals surface area (Å²) in [6.45, 7) is 5.88. The van der Waals surface area contributed by atoms with Crippen molar-refractivity contribution in [3.63, 3.8) is 0 Å². The van der Waals surface area contributed by atoms with Gasteiger partial charge in [-0.15, -0.1) is 0 Å². The van der Waals surface area contributed by atoms with Gasteiger partial charge in [0.2, 0.25) is 0 Å². The third-order valence-corrected chi connectivity index (χ3v) is 0.856. The molecule has 8 heavy (non-hydrogen) atoms. The van der Waals surface area contributed by atoms with Crippen molar-refractivity contribution in [3.8, 4) is 0 Å². The lowest BCUT2D eigenvalue weighted by atomic mass is 10.3. The van der Waals surface area contributed by atoms with Gasteiger partial charge in [-0.1, -0.05) is 6.92 Å². The average Bonchev–Trinajstić information content (AvgIpc) is 1.83. The highest BCUT2D eigenvalue weighted by Crippen LogP contribution is 1.82. The van der Waals surface area contributed by atoms with E-state index in [-0.39, 0.29) is 0 Å². The predicted octanol–water partition coefficient (Wildman–Crippen LogP) is 1.86. The van der Waals surface area contributed by atoms with E-state index in [0.717, 1.165) is 12.1 Å². The van der Waals surface area contributed by atoms with Crippen molar-refractivity contribution in [3.05, 3.63) is 0 Å². The molecule has 0 N–H and O–H groups in total. The second kappa shape index (κ2) is 4.50. The van der Waals surface area contributed by atoms with Crippen molar-refractivity contribution in [2.45, 2.75) is 27.2 Å². The fraction of sp³-hybridized carbons (Fsp3) is 0.667. The number of nitrogens with zero attached hydrogens (tertiary/aromatic N) is 2. The van der Waals surface area contributed by atoms with E-state index < -0.39 is 0 Å². The fourth-order valence-electron chi connectivity index (χ4n) is 0.227. The van der Waals surface area contributed by atoms with Crippen LogP contribution in [0.2, 0.25) is 0 Å². The highest BCUT2D eigenvalue weighted by atomic mass is 15.2. The fourth-order valence-corrected chi connectivity index (χ4v) is 0.227. The molecular formula is C6H12N2. The van der Waals surface area contributed by atoms with E-state index in [1.54, 1.807) is 6.21 Å². The van der Waals surface area contributed by atoms with Crippen LogP contribution in [0.4, 0.5) is 0 Å². The molecule has 0 atom stereocenters. The predicted molar refractivity (Wildman–Crippen MR) is 37.6 cm³/mol. The molecule has 0 aromatic heterocycles. The van der Waals surface area contributed by atoms with E-state index in [1.807, 2.05) is 13.8 Å². The van der Waals surface area contributed by atoms with Crippen LogP contribution >= 0.6 is 0 Å². The lowest BCUT2D eigenvalue weighted by molar-refractivity contribution is 1.17. The molecule has 0 radical (unpaired) electrons. The van der Waals surface area contributed by atoms with E-state index in [0.29, 0.717) is 0 Å². The molecule has 0 unspecified atom stereocenters. The summed E-state index contributed by atoms with van der Waals surface area (Å²) in [6, 6.07) is 0. The van der Waals surface area contributed by atoms with Gasteiger partial charge in [-0.05, 0) is 20.3 Å². The normalized spacial score (nSPS) is 13.1. The lowest BCUT2D eigenvalue weighted by Gasteiger charge is -1.84. The Bertz CT molecular complexity index is 103. The maximum Gasteiger partial charge on any atom is 0.0372 e. The molecule has 2 heteroatoms. The van der Waals surface area contributed by atoms with E-state index in [1.165, 1.54) is 0 Å². The summed E-state index contributed by atoms with van der Waals surface area (Å²) < 4.78 is 0. The first-order valence-corrected chi connectivity index (χ1v) is 2.82. The van der Waals surface area contributed by atoms with E-state index in [9.17, 15) is 0 Å². The van der Waals surface area contributed by atoms with Gasteiger partial charge in [0.05, 0.1) is 0 Å². The molecule has 0 fully saturated rings. The zero-order valence-corrected chi connectivity index (χ0v) is 5.68. The Morgan fingerprint density at radius 1 is 1.62 bits per heavy atom. The van der Waals surface area contributed by atoms with Crippen molar-refractivity contribution >= 4 is 11.9 Å². The van der Waals surface area contributed by atoms with Crippen LogP contribution in [0.5, 0.6) is 0 Å². The lowest BCUT2D eigenvalue weighted by Crippen LogP contribution is -1.83. The van der Waals surface area contributed by atoms with Gasteiger partial charge < -0.3 is 0 Å².